The molecule has 0 unspecified atom stereocenters. The molecule has 0 radical (unpaired) electrons. The second-order valence-electron chi connectivity index (χ2n) is 7.16. The van der Waals surface area contributed by atoms with Crippen LogP contribution in [0.2, 0.25) is 0 Å². The van der Waals surface area contributed by atoms with E-state index in [1.165, 1.54) is 12.1 Å². The minimum Gasteiger partial charge on any atom is -0.479 e. The second kappa shape index (κ2) is 10.1. The molecule has 1 N–H and O–H groups in total. The van der Waals surface area contributed by atoms with E-state index in [2.05, 4.69) is 10.1 Å². The van der Waals surface area contributed by atoms with Crippen LogP contribution >= 0.6 is 0 Å². The molecule has 1 amide bonds. The summed E-state index contributed by atoms with van der Waals surface area (Å²) < 4.78 is 73.0. The number of piperidine rings is 1. The van der Waals surface area contributed by atoms with Crippen molar-refractivity contribution in [2.45, 2.75) is 24.1 Å². The highest BCUT2D eigenvalue weighted by Crippen LogP contribution is 2.29. The van der Waals surface area contributed by atoms with E-state index in [9.17, 15) is 26.4 Å². The zero-order valence-corrected chi connectivity index (χ0v) is 18.0. The molecule has 1 aliphatic rings. The Morgan fingerprint density at radius 2 is 1.79 bits per heavy atom. The monoisotopic (exact) mass is 483 g/mol. The third-order valence-corrected chi connectivity index (χ3v) is 6.82. The first-order valence-electron chi connectivity index (χ1n) is 9.85. The van der Waals surface area contributed by atoms with Crippen molar-refractivity contribution in [2.24, 2.45) is 5.92 Å². The van der Waals surface area contributed by atoms with Gasteiger partial charge in [0.1, 0.15) is 17.6 Å². The van der Waals surface area contributed by atoms with Crippen LogP contribution in [0.15, 0.2) is 53.4 Å². The molecule has 0 saturated carbocycles. The van der Waals surface area contributed by atoms with E-state index in [1.54, 1.807) is 24.3 Å². The van der Waals surface area contributed by atoms with E-state index in [1.807, 2.05) is 6.07 Å². The molecular formula is C21H20F3N3O5S. The molecule has 0 aliphatic carbocycles. The minimum atomic E-state index is -4.93. The highest BCUT2D eigenvalue weighted by atomic mass is 32.2. The molecule has 2 aromatic rings. The summed E-state index contributed by atoms with van der Waals surface area (Å²) in [6, 6.07) is 12.5. The summed E-state index contributed by atoms with van der Waals surface area (Å²) in [6.07, 6.45) is -4.42. The number of nitriles is 1. The van der Waals surface area contributed by atoms with Gasteiger partial charge in [-0.15, -0.1) is 13.2 Å². The summed E-state index contributed by atoms with van der Waals surface area (Å²) in [5.74, 6) is -0.830. The average molecular weight is 483 g/mol. The maximum Gasteiger partial charge on any atom is 0.573 e. The van der Waals surface area contributed by atoms with Crippen molar-refractivity contribution in [1.29, 1.82) is 5.26 Å². The van der Waals surface area contributed by atoms with Crippen molar-refractivity contribution in [3.05, 3.63) is 48.5 Å². The molecule has 0 bridgehead atoms. The van der Waals surface area contributed by atoms with Gasteiger partial charge in [-0.2, -0.15) is 9.57 Å². The number of ether oxygens (including phenoxy) is 2. The van der Waals surface area contributed by atoms with Crippen LogP contribution in [0.5, 0.6) is 11.5 Å². The zero-order valence-electron chi connectivity index (χ0n) is 17.2. The number of hydrogen-bond acceptors (Lipinski definition) is 6. The van der Waals surface area contributed by atoms with Gasteiger partial charge in [0.2, 0.25) is 15.9 Å². The second-order valence-corrected chi connectivity index (χ2v) is 9.10. The van der Waals surface area contributed by atoms with Crippen LogP contribution in [0.3, 0.4) is 0 Å². The Balaban J connectivity index is 1.58. The van der Waals surface area contributed by atoms with E-state index < -0.39 is 28.1 Å². The fraction of sp³-hybridized carbons (Fsp3) is 0.333. The number of hydrogen-bond donors (Lipinski definition) is 1. The third kappa shape index (κ3) is 6.59. The SMILES string of the molecule is N#CCOc1ccc(NC(=O)C2CCN(S(=O)(=O)c3cccc(OC(F)(F)F)c3)CC2)cc1. The van der Waals surface area contributed by atoms with Crippen LogP contribution < -0.4 is 14.8 Å². The van der Waals surface area contributed by atoms with Crippen LogP contribution in [0.25, 0.3) is 0 Å². The molecule has 1 heterocycles. The first kappa shape index (κ1) is 24.3. The quantitative estimate of drug-likeness (QED) is 0.646. The van der Waals surface area contributed by atoms with Crippen molar-refractivity contribution >= 4 is 21.6 Å². The normalized spacial score (nSPS) is 15.5. The molecule has 3 rings (SSSR count). The Morgan fingerprint density at radius 1 is 1.12 bits per heavy atom. The fourth-order valence-corrected chi connectivity index (χ4v) is 4.84. The van der Waals surface area contributed by atoms with Crippen molar-refractivity contribution in [3.8, 4) is 17.6 Å². The highest BCUT2D eigenvalue weighted by molar-refractivity contribution is 7.89. The van der Waals surface area contributed by atoms with Crippen LogP contribution in [0.1, 0.15) is 12.8 Å². The lowest BCUT2D eigenvalue weighted by atomic mass is 9.97. The summed E-state index contributed by atoms with van der Waals surface area (Å²) in [4.78, 5) is 12.2. The first-order chi connectivity index (χ1) is 15.6. The summed E-state index contributed by atoms with van der Waals surface area (Å²) in [5.41, 5.74) is 0.529. The van der Waals surface area contributed by atoms with Gasteiger partial charge in [0, 0.05) is 30.8 Å². The number of anilines is 1. The number of halogens is 3. The number of nitrogens with zero attached hydrogens (tertiary/aromatic N) is 2. The van der Waals surface area contributed by atoms with Crippen LogP contribution in [0.4, 0.5) is 18.9 Å². The Kier molecular flexibility index (Phi) is 7.45. The van der Waals surface area contributed by atoms with E-state index in [0.717, 1.165) is 16.4 Å². The lowest BCUT2D eigenvalue weighted by Gasteiger charge is -2.30. The van der Waals surface area contributed by atoms with Crippen LogP contribution in [0, 0.1) is 17.2 Å². The van der Waals surface area contributed by atoms with Gasteiger partial charge in [-0.1, -0.05) is 6.07 Å². The highest BCUT2D eigenvalue weighted by Gasteiger charge is 2.34. The molecule has 0 atom stereocenters. The number of rotatable bonds is 7. The smallest absolute Gasteiger partial charge is 0.479 e. The molecule has 2 aromatic carbocycles. The van der Waals surface area contributed by atoms with Gasteiger partial charge in [-0.3, -0.25) is 4.79 Å². The number of carbonyl (C=O) groups excluding carboxylic acids is 1. The third-order valence-electron chi connectivity index (χ3n) is 4.93. The lowest BCUT2D eigenvalue weighted by Crippen LogP contribution is -2.41. The molecule has 0 spiro atoms. The van der Waals surface area contributed by atoms with Gasteiger partial charge >= 0.3 is 6.36 Å². The van der Waals surface area contributed by atoms with E-state index in [4.69, 9.17) is 10.00 Å². The number of amides is 1. The standard InChI is InChI=1S/C21H20F3N3O5S/c22-21(23,24)32-18-2-1-3-19(14-18)33(29,30)27-11-8-15(9-12-27)20(28)26-16-4-6-17(7-5-16)31-13-10-25/h1-7,14-15H,8-9,11-13H2,(H,26,28). The Labute approximate surface area is 188 Å². The minimum absolute atomic E-state index is 0.0473. The largest absolute Gasteiger partial charge is 0.573 e. The predicted octanol–water partition coefficient (Wildman–Crippen LogP) is 3.53. The van der Waals surface area contributed by atoms with Crippen molar-refractivity contribution < 1.29 is 35.9 Å². The summed E-state index contributed by atoms with van der Waals surface area (Å²) >= 11 is 0. The molecule has 0 aromatic heterocycles. The lowest BCUT2D eigenvalue weighted by molar-refractivity contribution is -0.274. The number of nitrogens with one attached hydrogen (secondary N) is 1. The molecule has 33 heavy (non-hydrogen) atoms. The van der Waals surface area contributed by atoms with Crippen LogP contribution in [-0.4, -0.2) is 44.7 Å². The summed E-state index contributed by atoms with van der Waals surface area (Å²) in [7, 11) is -4.04. The van der Waals surface area contributed by atoms with Crippen molar-refractivity contribution in [3.63, 3.8) is 0 Å². The molecule has 176 valence electrons. The topological polar surface area (TPSA) is 109 Å². The number of carbonyl (C=O) groups is 1. The molecule has 1 saturated heterocycles. The van der Waals surface area contributed by atoms with Gasteiger partial charge in [-0.05, 0) is 49.2 Å². The number of benzene rings is 2. The Morgan fingerprint density at radius 3 is 2.39 bits per heavy atom. The zero-order chi connectivity index (χ0) is 24.1. The van der Waals surface area contributed by atoms with E-state index in [0.29, 0.717) is 11.4 Å². The van der Waals surface area contributed by atoms with Crippen molar-refractivity contribution in [2.75, 3.05) is 25.0 Å². The van der Waals surface area contributed by atoms with Crippen molar-refractivity contribution in [1.82, 2.24) is 4.31 Å². The molecule has 1 aliphatic heterocycles. The van der Waals surface area contributed by atoms with Gasteiger partial charge < -0.3 is 14.8 Å². The predicted molar refractivity (Wildman–Crippen MR) is 111 cm³/mol. The van der Waals surface area contributed by atoms with Gasteiger partial charge in [0.25, 0.3) is 0 Å². The Hall–Kier alpha value is -3.30. The molecule has 1 fully saturated rings. The summed E-state index contributed by atoms with van der Waals surface area (Å²) in [5, 5.41) is 11.3. The van der Waals surface area contributed by atoms with Gasteiger partial charge in [-0.25, -0.2) is 8.42 Å². The van der Waals surface area contributed by atoms with Gasteiger partial charge in [0.05, 0.1) is 4.90 Å². The average Bonchev–Trinajstić information content (AvgIpc) is 2.78. The first-order valence-corrected chi connectivity index (χ1v) is 11.3. The molecule has 8 nitrogen and oxygen atoms in total. The molecular weight excluding hydrogens is 463 g/mol. The van der Waals surface area contributed by atoms with Gasteiger partial charge in [0.15, 0.2) is 6.61 Å². The maximum atomic E-state index is 12.8. The number of sulfonamides is 1. The van der Waals surface area contributed by atoms with E-state index in [-0.39, 0.29) is 43.3 Å². The fourth-order valence-electron chi connectivity index (χ4n) is 3.33. The van der Waals surface area contributed by atoms with E-state index >= 15 is 0 Å². The van der Waals surface area contributed by atoms with Crippen LogP contribution in [-0.2, 0) is 14.8 Å². The maximum absolute atomic E-state index is 12.8. The Bertz CT molecular complexity index is 1120. The molecule has 12 heteroatoms. The summed E-state index contributed by atoms with van der Waals surface area (Å²) in [6.45, 7) is 0.00423. The number of alkyl halides is 3.